The number of aromatic nitrogens is 3. The van der Waals surface area contributed by atoms with Crippen LogP contribution in [0.2, 0.25) is 0 Å². The average molecular weight is 428 g/mol. The lowest BCUT2D eigenvalue weighted by molar-refractivity contribution is 0.102. The van der Waals surface area contributed by atoms with Gasteiger partial charge in [-0.15, -0.1) is 0 Å². The molecule has 1 amide bonds. The maximum absolute atomic E-state index is 12.8. The van der Waals surface area contributed by atoms with E-state index < -0.39 is 0 Å². The standard InChI is InChI=1S/C25H25N5O2/c1-2-20-15-28-24(29-20)18-6-7-19(14-26)23(13-18)30-25(31)17-8-10-22(11-9-17)32-16-21-5-3-4-12-27-21/h3-13,15H,2,14,16,26H2,1H3,(H,28,29)(H,30,31). The number of pyridine rings is 1. The Kier molecular flexibility index (Phi) is 6.57. The summed E-state index contributed by atoms with van der Waals surface area (Å²) in [7, 11) is 0. The van der Waals surface area contributed by atoms with E-state index in [4.69, 9.17) is 10.5 Å². The van der Waals surface area contributed by atoms with Crippen LogP contribution in [0, 0.1) is 0 Å². The van der Waals surface area contributed by atoms with Crippen LogP contribution in [0.15, 0.2) is 73.1 Å². The first-order valence-electron chi connectivity index (χ1n) is 10.5. The van der Waals surface area contributed by atoms with Crippen LogP contribution in [0.1, 0.15) is 34.2 Å². The summed E-state index contributed by atoms with van der Waals surface area (Å²) in [6, 6.07) is 18.4. The molecule has 0 bridgehead atoms. The van der Waals surface area contributed by atoms with Crippen LogP contribution >= 0.6 is 0 Å². The largest absolute Gasteiger partial charge is 0.487 e. The summed E-state index contributed by atoms with van der Waals surface area (Å²) in [4.78, 5) is 24.8. The van der Waals surface area contributed by atoms with Gasteiger partial charge in [0, 0.05) is 35.8 Å². The fraction of sp³-hybridized carbons (Fsp3) is 0.160. The Bertz CT molecular complexity index is 1190. The van der Waals surface area contributed by atoms with E-state index in [-0.39, 0.29) is 5.91 Å². The number of aromatic amines is 1. The molecule has 32 heavy (non-hydrogen) atoms. The quantitative estimate of drug-likeness (QED) is 0.388. The van der Waals surface area contributed by atoms with Crippen molar-refractivity contribution in [3.63, 3.8) is 0 Å². The highest BCUT2D eigenvalue weighted by atomic mass is 16.5. The van der Waals surface area contributed by atoms with Crippen molar-refractivity contribution in [1.29, 1.82) is 0 Å². The maximum atomic E-state index is 12.8. The van der Waals surface area contributed by atoms with Crippen molar-refractivity contribution in [2.45, 2.75) is 26.5 Å². The number of carbonyl (C=O) groups excluding carboxylic acids is 1. The van der Waals surface area contributed by atoms with Gasteiger partial charge >= 0.3 is 0 Å². The van der Waals surface area contributed by atoms with E-state index >= 15 is 0 Å². The van der Waals surface area contributed by atoms with E-state index in [1.807, 2.05) is 42.6 Å². The van der Waals surface area contributed by atoms with Gasteiger partial charge in [-0.05, 0) is 54.4 Å². The first kappa shape index (κ1) is 21.3. The molecule has 0 unspecified atom stereocenters. The van der Waals surface area contributed by atoms with Crippen molar-refractivity contribution in [2.75, 3.05) is 5.32 Å². The number of ether oxygens (including phenoxy) is 1. The summed E-state index contributed by atoms with van der Waals surface area (Å²) in [6.07, 6.45) is 4.47. The molecule has 0 aliphatic rings. The zero-order valence-electron chi connectivity index (χ0n) is 17.8. The summed E-state index contributed by atoms with van der Waals surface area (Å²) < 4.78 is 5.74. The van der Waals surface area contributed by atoms with Gasteiger partial charge in [-0.2, -0.15) is 0 Å². The van der Waals surface area contributed by atoms with Gasteiger partial charge in [0.05, 0.1) is 11.4 Å². The normalized spacial score (nSPS) is 10.7. The van der Waals surface area contributed by atoms with Crippen molar-refractivity contribution in [3.05, 3.63) is 95.6 Å². The Morgan fingerprint density at radius 2 is 1.94 bits per heavy atom. The number of amides is 1. The van der Waals surface area contributed by atoms with Crippen molar-refractivity contribution >= 4 is 11.6 Å². The van der Waals surface area contributed by atoms with Crippen LogP contribution in [0.5, 0.6) is 5.75 Å². The number of nitrogens with one attached hydrogen (secondary N) is 2. The SMILES string of the molecule is CCc1c[nH]c(-c2ccc(CN)c(NC(=O)c3ccc(OCc4ccccn4)cc3)c2)n1. The molecule has 162 valence electrons. The Morgan fingerprint density at radius 1 is 1.09 bits per heavy atom. The van der Waals surface area contributed by atoms with Gasteiger partial charge in [0.1, 0.15) is 18.2 Å². The molecular weight excluding hydrogens is 402 g/mol. The Hall–Kier alpha value is -3.97. The van der Waals surface area contributed by atoms with E-state index in [0.29, 0.717) is 30.2 Å². The predicted octanol–water partition coefficient (Wildman–Crippen LogP) is 4.32. The van der Waals surface area contributed by atoms with Crippen LogP contribution in [0.25, 0.3) is 11.4 Å². The third-order valence-electron chi connectivity index (χ3n) is 5.07. The molecule has 0 aliphatic carbocycles. The third kappa shape index (κ3) is 5.01. The second kappa shape index (κ2) is 9.89. The molecule has 4 aromatic rings. The molecule has 0 fully saturated rings. The van der Waals surface area contributed by atoms with Crippen LogP contribution in [-0.2, 0) is 19.6 Å². The lowest BCUT2D eigenvalue weighted by atomic mass is 10.1. The molecule has 0 aliphatic heterocycles. The Labute approximate surface area is 186 Å². The molecule has 4 N–H and O–H groups in total. The van der Waals surface area contributed by atoms with Crippen molar-refractivity contribution in [1.82, 2.24) is 15.0 Å². The number of nitrogens with two attached hydrogens (primary N) is 1. The highest BCUT2D eigenvalue weighted by Crippen LogP contribution is 2.25. The van der Waals surface area contributed by atoms with Crippen molar-refractivity contribution < 1.29 is 9.53 Å². The molecule has 2 aromatic heterocycles. The molecule has 0 radical (unpaired) electrons. The van der Waals surface area contributed by atoms with Gasteiger partial charge in [0.15, 0.2) is 0 Å². The second-order valence-electron chi connectivity index (χ2n) is 7.26. The molecule has 4 rings (SSSR count). The van der Waals surface area contributed by atoms with E-state index in [0.717, 1.165) is 34.8 Å². The van der Waals surface area contributed by atoms with Gasteiger partial charge in [-0.25, -0.2) is 4.98 Å². The minimum absolute atomic E-state index is 0.221. The first-order chi connectivity index (χ1) is 15.7. The number of nitrogens with zero attached hydrogens (tertiary/aromatic N) is 2. The Morgan fingerprint density at radius 3 is 2.62 bits per heavy atom. The lowest BCUT2D eigenvalue weighted by Crippen LogP contribution is -2.14. The number of benzene rings is 2. The molecule has 0 atom stereocenters. The van der Waals surface area contributed by atoms with Gasteiger partial charge in [-0.1, -0.05) is 25.1 Å². The fourth-order valence-corrected chi connectivity index (χ4v) is 3.24. The van der Waals surface area contributed by atoms with Crippen molar-refractivity contribution in [3.8, 4) is 17.1 Å². The van der Waals surface area contributed by atoms with Crippen LogP contribution in [-0.4, -0.2) is 20.9 Å². The molecular formula is C25H25N5O2. The number of hydrogen-bond acceptors (Lipinski definition) is 5. The van der Waals surface area contributed by atoms with Gasteiger partial charge in [-0.3, -0.25) is 9.78 Å². The zero-order valence-corrected chi connectivity index (χ0v) is 17.8. The van der Waals surface area contributed by atoms with Crippen molar-refractivity contribution in [2.24, 2.45) is 5.73 Å². The van der Waals surface area contributed by atoms with Gasteiger partial charge in [0.25, 0.3) is 5.91 Å². The molecule has 0 saturated carbocycles. The molecule has 7 heteroatoms. The van der Waals surface area contributed by atoms with Crippen LogP contribution < -0.4 is 15.8 Å². The highest BCUT2D eigenvalue weighted by Gasteiger charge is 2.12. The number of hydrogen-bond donors (Lipinski definition) is 3. The summed E-state index contributed by atoms with van der Waals surface area (Å²) in [5, 5.41) is 2.97. The smallest absolute Gasteiger partial charge is 0.255 e. The molecule has 2 heterocycles. The van der Waals surface area contributed by atoms with Crippen LogP contribution in [0.4, 0.5) is 5.69 Å². The monoisotopic (exact) mass is 427 g/mol. The van der Waals surface area contributed by atoms with E-state index in [1.165, 1.54) is 0 Å². The topological polar surface area (TPSA) is 106 Å². The Balaban J connectivity index is 1.46. The molecule has 0 spiro atoms. The molecule has 0 saturated heterocycles. The minimum Gasteiger partial charge on any atom is -0.487 e. The number of carbonyl (C=O) groups is 1. The van der Waals surface area contributed by atoms with E-state index in [9.17, 15) is 4.79 Å². The number of aryl methyl sites for hydroxylation is 1. The summed E-state index contributed by atoms with van der Waals surface area (Å²) in [6.45, 7) is 2.73. The molecule has 7 nitrogen and oxygen atoms in total. The van der Waals surface area contributed by atoms with Gasteiger partial charge < -0.3 is 20.8 Å². The van der Waals surface area contributed by atoms with Gasteiger partial charge in [0.2, 0.25) is 0 Å². The van der Waals surface area contributed by atoms with E-state index in [1.54, 1.807) is 30.5 Å². The predicted molar refractivity (Wildman–Crippen MR) is 124 cm³/mol. The second-order valence-corrected chi connectivity index (χ2v) is 7.26. The number of imidazole rings is 1. The minimum atomic E-state index is -0.221. The summed E-state index contributed by atoms with van der Waals surface area (Å²) in [5.74, 6) is 1.21. The maximum Gasteiger partial charge on any atom is 0.255 e. The average Bonchev–Trinajstić information content (AvgIpc) is 3.33. The fourth-order valence-electron chi connectivity index (χ4n) is 3.24. The number of anilines is 1. The lowest BCUT2D eigenvalue weighted by Gasteiger charge is -2.12. The van der Waals surface area contributed by atoms with E-state index in [2.05, 4.69) is 27.2 Å². The summed E-state index contributed by atoms with van der Waals surface area (Å²) >= 11 is 0. The number of H-pyrrole nitrogens is 1. The molecule has 2 aromatic carbocycles. The first-order valence-corrected chi connectivity index (χ1v) is 10.5. The number of rotatable bonds is 8. The summed E-state index contributed by atoms with van der Waals surface area (Å²) in [5.41, 5.74) is 10.6. The zero-order chi connectivity index (χ0) is 22.3. The third-order valence-corrected chi connectivity index (χ3v) is 5.07. The highest BCUT2D eigenvalue weighted by molar-refractivity contribution is 6.05. The van der Waals surface area contributed by atoms with Crippen LogP contribution in [0.3, 0.4) is 0 Å².